The van der Waals surface area contributed by atoms with E-state index in [2.05, 4.69) is 11.4 Å². The molecule has 0 aliphatic carbocycles. The van der Waals surface area contributed by atoms with Crippen LogP contribution in [0, 0.1) is 18.7 Å². The van der Waals surface area contributed by atoms with Crippen molar-refractivity contribution in [2.24, 2.45) is 5.92 Å². The Morgan fingerprint density at radius 2 is 2.19 bits per heavy atom. The molecule has 1 saturated heterocycles. The van der Waals surface area contributed by atoms with Crippen LogP contribution in [0.15, 0.2) is 18.2 Å². The van der Waals surface area contributed by atoms with Crippen molar-refractivity contribution >= 4 is 0 Å². The quantitative estimate of drug-likeness (QED) is 0.809. The van der Waals surface area contributed by atoms with Gasteiger partial charge in [-0.2, -0.15) is 0 Å². The number of hydrogen-bond acceptors (Lipinski definition) is 1. The molecule has 1 fully saturated rings. The second-order valence-corrected chi connectivity index (χ2v) is 4.83. The minimum Gasteiger partial charge on any atom is -0.317 e. The van der Waals surface area contributed by atoms with Crippen LogP contribution < -0.4 is 5.32 Å². The second kappa shape index (κ2) is 5.44. The lowest BCUT2D eigenvalue weighted by atomic mass is 9.92. The fraction of sp³-hybridized carbons (Fsp3) is 0.571. The molecular weight excluding hydrogens is 201 g/mol. The minimum atomic E-state index is -0.0655. The van der Waals surface area contributed by atoms with Crippen LogP contribution >= 0.6 is 0 Å². The van der Waals surface area contributed by atoms with Crippen molar-refractivity contribution < 1.29 is 4.39 Å². The molecule has 0 radical (unpaired) electrons. The average Bonchev–Trinajstić information content (AvgIpc) is 2.52. The highest BCUT2D eigenvalue weighted by Crippen LogP contribution is 2.20. The van der Waals surface area contributed by atoms with E-state index in [9.17, 15) is 4.39 Å². The highest BCUT2D eigenvalue weighted by molar-refractivity contribution is 5.23. The largest absolute Gasteiger partial charge is 0.317 e. The van der Waals surface area contributed by atoms with Crippen LogP contribution in [0.5, 0.6) is 0 Å². The molecule has 1 atom stereocenters. The van der Waals surface area contributed by atoms with Gasteiger partial charge < -0.3 is 5.32 Å². The molecular formula is C14H20FN. The van der Waals surface area contributed by atoms with E-state index in [-0.39, 0.29) is 5.82 Å². The van der Waals surface area contributed by atoms with Crippen LogP contribution in [-0.4, -0.2) is 13.1 Å². The predicted octanol–water partition coefficient (Wildman–Crippen LogP) is 3.07. The van der Waals surface area contributed by atoms with Crippen molar-refractivity contribution in [1.82, 2.24) is 5.32 Å². The molecule has 1 nitrogen and oxygen atoms in total. The molecule has 0 bridgehead atoms. The molecule has 0 amide bonds. The summed E-state index contributed by atoms with van der Waals surface area (Å²) in [5.74, 6) is 0.654. The van der Waals surface area contributed by atoms with Crippen LogP contribution in [0.3, 0.4) is 0 Å². The predicted molar refractivity (Wildman–Crippen MR) is 65.1 cm³/mol. The minimum absolute atomic E-state index is 0.0655. The number of halogens is 1. The third-order valence-electron chi connectivity index (χ3n) is 3.46. The van der Waals surface area contributed by atoms with Crippen LogP contribution in [0.2, 0.25) is 0 Å². The van der Waals surface area contributed by atoms with Gasteiger partial charge in [0.25, 0.3) is 0 Å². The zero-order chi connectivity index (χ0) is 11.4. The van der Waals surface area contributed by atoms with Crippen LogP contribution in [-0.2, 0) is 6.42 Å². The molecule has 0 spiro atoms. The van der Waals surface area contributed by atoms with Crippen LogP contribution in [0.25, 0.3) is 0 Å². The summed E-state index contributed by atoms with van der Waals surface area (Å²) in [6.45, 7) is 4.06. The third kappa shape index (κ3) is 3.05. The van der Waals surface area contributed by atoms with E-state index >= 15 is 0 Å². The van der Waals surface area contributed by atoms with Gasteiger partial charge >= 0.3 is 0 Å². The maximum Gasteiger partial charge on any atom is 0.126 e. The van der Waals surface area contributed by atoms with Crippen molar-refractivity contribution in [2.45, 2.75) is 32.6 Å². The van der Waals surface area contributed by atoms with Crippen LogP contribution in [0.1, 0.15) is 30.4 Å². The fourth-order valence-corrected chi connectivity index (χ4v) is 2.39. The maximum atomic E-state index is 13.4. The maximum absolute atomic E-state index is 13.4. The SMILES string of the molecule is Cc1ccc(CC2CCCNCC2)cc1F. The topological polar surface area (TPSA) is 12.0 Å². The van der Waals surface area contributed by atoms with E-state index < -0.39 is 0 Å². The Morgan fingerprint density at radius 3 is 3.00 bits per heavy atom. The fourth-order valence-electron chi connectivity index (χ4n) is 2.39. The number of hydrogen-bond donors (Lipinski definition) is 1. The Hall–Kier alpha value is -0.890. The smallest absolute Gasteiger partial charge is 0.126 e. The van der Waals surface area contributed by atoms with Crippen molar-refractivity contribution in [1.29, 1.82) is 0 Å². The highest BCUT2D eigenvalue weighted by atomic mass is 19.1. The molecule has 88 valence electrons. The monoisotopic (exact) mass is 221 g/mol. The van der Waals surface area contributed by atoms with E-state index in [0.29, 0.717) is 0 Å². The number of benzene rings is 1. The zero-order valence-corrected chi connectivity index (χ0v) is 9.93. The Kier molecular flexibility index (Phi) is 3.94. The van der Waals surface area contributed by atoms with Crippen molar-refractivity contribution in [3.05, 3.63) is 35.1 Å². The molecule has 1 aliphatic heterocycles. The average molecular weight is 221 g/mol. The van der Waals surface area contributed by atoms with Crippen molar-refractivity contribution in [3.63, 3.8) is 0 Å². The van der Waals surface area contributed by atoms with E-state index in [1.165, 1.54) is 19.3 Å². The Balaban J connectivity index is 1.99. The first-order valence-corrected chi connectivity index (χ1v) is 6.21. The Morgan fingerprint density at radius 1 is 1.31 bits per heavy atom. The van der Waals surface area contributed by atoms with Gasteiger partial charge in [0.15, 0.2) is 0 Å². The highest BCUT2D eigenvalue weighted by Gasteiger charge is 2.12. The van der Waals surface area contributed by atoms with Gasteiger partial charge in [0.1, 0.15) is 5.82 Å². The summed E-state index contributed by atoms with van der Waals surface area (Å²) in [5.41, 5.74) is 1.89. The summed E-state index contributed by atoms with van der Waals surface area (Å²) in [5, 5.41) is 3.41. The molecule has 0 saturated carbocycles. The molecule has 1 unspecified atom stereocenters. The summed E-state index contributed by atoms with van der Waals surface area (Å²) in [6.07, 6.45) is 4.76. The van der Waals surface area contributed by atoms with E-state index in [4.69, 9.17) is 0 Å². The normalized spacial score (nSPS) is 21.8. The summed E-state index contributed by atoms with van der Waals surface area (Å²) in [4.78, 5) is 0. The molecule has 0 aromatic heterocycles. The second-order valence-electron chi connectivity index (χ2n) is 4.83. The summed E-state index contributed by atoms with van der Waals surface area (Å²) in [7, 11) is 0. The lowest BCUT2D eigenvalue weighted by Gasteiger charge is -2.13. The van der Waals surface area contributed by atoms with Gasteiger partial charge in [-0.25, -0.2) is 4.39 Å². The lowest BCUT2D eigenvalue weighted by Crippen LogP contribution is -2.14. The molecule has 2 heteroatoms. The van der Waals surface area contributed by atoms with Gasteiger partial charge in [0, 0.05) is 0 Å². The molecule has 1 aliphatic rings. The van der Waals surface area contributed by atoms with Crippen molar-refractivity contribution in [2.75, 3.05) is 13.1 Å². The number of aryl methyl sites for hydroxylation is 1. The molecule has 2 rings (SSSR count). The first-order valence-electron chi connectivity index (χ1n) is 6.21. The molecule has 1 aromatic rings. The lowest BCUT2D eigenvalue weighted by molar-refractivity contribution is 0.468. The Labute approximate surface area is 97.1 Å². The van der Waals surface area contributed by atoms with Gasteiger partial charge in [0.2, 0.25) is 0 Å². The van der Waals surface area contributed by atoms with Gasteiger partial charge in [-0.3, -0.25) is 0 Å². The van der Waals surface area contributed by atoms with Gasteiger partial charge in [-0.05, 0) is 68.8 Å². The first kappa shape index (κ1) is 11.6. The molecule has 16 heavy (non-hydrogen) atoms. The molecule has 1 heterocycles. The summed E-state index contributed by atoms with van der Waals surface area (Å²) >= 11 is 0. The van der Waals surface area contributed by atoms with Crippen molar-refractivity contribution in [3.8, 4) is 0 Å². The van der Waals surface area contributed by atoms with E-state index in [0.717, 1.165) is 36.6 Å². The first-order chi connectivity index (χ1) is 7.75. The Bertz CT molecular complexity index is 341. The van der Waals surface area contributed by atoms with Gasteiger partial charge in [0.05, 0.1) is 0 Å². The van der Waals surface area contributed by atoms with Gasteiger partial charge in [-0.15, -0.1) is 0 Å². The summed E-state index contributed by atoms with van der Waals surface area (Å²) in [6, 6.07) is 5.66. The van der Waals surface area contributed by atoms with Crippen LogP contribution in [0.4, 0.5) is 4.39 Å². The number of nitrogens with one attached hydrogen (secondary N) is 1. The van der Waals surface area contributed by atoms with E-state index in [1.807, 2.05) is 13.0 Å². The number of rotatable bonds is 2. The standard InChI is InChI=1S/C14H20FN/c1-11-4-5-13(10-14(11)15)9-12-3-2-7-16-8-6-12/h4-5,10,12,16H,2-3,6-9H2,1H3. The van der Waals surface area contributed by atoms with Gasteiger partial charge in [-0.1, -0.05) is 12.1 Å². The molecule has 1 N–H and O–H groups in total. The zero-order valence-electron chi connectivity index (χ0n) is 9.93. The van der Waals surface area contributed by atoms with E-state index in [1.54, 1.807) is 6.07 Å². The summed E-state index contributed by atoms with van der Waals surface area (Å²) < 4.78 is 13.4. The molecule has 1 aromatic carbocycles. The third-order valence-corrected chi connectivity index (χ3v) is 3.46.